The number of ether oxygens (including phenoxy) is 1. The summed E-state index contributed by atoms with van der Waals surface area (Å²) in [5.41, 5.74) is -1.02. The van der Waals surface area contributed by atoms with Crippen LogP contribution in [0, 0.1) is 0 Å². The standard InChI is InChI=1S/C22H22F6N2O2/c23-21(24,25)17-10-15(11-18(12-17)30-19(31)22(26,27)28)13-32-14-20(6-8-29-9-7-20)16-4-2-1-3-5-16/h1-5,10-12,29H,6-9,13-14H2,(H,30,31). The van der Waals surface area contributed by atoms with Crippen molar-refractivity contribution in [3.8, 4) is 0 Å². The normalized spacial score (nSPS) is 16.6. The highest BCUT2D eigenvalue weighted by Crippen LogP contribution is 2.35. The van der Waals surface area contributed by atoms with Crippen molar-refractivity contribution in [1.29, 1.82) is 0 Å². The highest BCUT2D eigenvalue weighted by Gasteiger charge is 2.39. The number of alkyl halides is 6. The van der Waals surface area contributed by atoms with Crippen LogP contribution in [-0.4, -0.2) is 31.8 Å². The van der Waals surface area contributed by atoms with Crippen LogP contribution in [0.1, 0.15) is 29.5 Å². The first-order valence-corrected chi connectivity index (χ1v) is 9.93. The summed E-state index contributed by atoms with van der Waals surface area (Å²) >= 11 is 0. The summed E-state index contributed by atoms with van der Waals surface area (Å²) in [4.78, 5) is 11.2. The van der Waals surface area contributed by atoms with Crippen molar-refractivity contribution in [2.24, 2.45) is 0 Å². The number of carbonyl (C=O) groups excluding carboxylic acids is 1. The smallest absolute Gasteiger partial charge is 0.376 e. The molecule has 0 aliphatic carbocycles. The zero-order valence-electron chi connectivity index (χ0n) is 16.9. The number of amides is 1. The van der Waals surface area contributed by atoms with Crippen molar-refractivity contribution < 1.29 is 35.9 Å². The summed E-state index contributed by atoms with van der Waals surface area (Å²) < 4.78 is 83.0. The Kier molecular flexibility index (Phi) is 7.14. The summed E-state index contributed by atoms with van der Waals surface area (Å²) in [6, 6.07) is 12.0. The number of nitrogens with one attached hydrogen (secondary N) is 2. The monoisotopic (exact) mass is 460 g/mol. The van der Waals surface area contributed by atoms with Crippen LogP contribution in [0.2, 0.25) is 0 Å². The number of rotatable bonds is 6. The minimum Gasteiger partial charge on any atom is -0.376 e. The Balaban J connectivity index is 1.78. The van der Waals surface area contributed by atoms with Crippen LogP contribution in [0.3, 0.4) is 0 Å². The maximum atomic E-state index is 13.2. The van der Waals surface area contributed by atoms with E-state index >= 15 is 0 Å². The number of halogens is 6. The fourth-order valence-electron chi connectivity index (χ4n) is 3.79. The molecular weight excluding hydrogens is 438 g/mol. The molecule has 1 fully saturated rings. The molecule has 0 atom stereocenters. The molecule has 0 unspecified atom stereocenters. The molecular formula is C22H22F6N2O2. The van der Waals surface area contributed by atoms with Gasteiger partial charge in [0.1, 0.15) is 0 Å². The Morgan fingerprint density at radius 2 is 1.66 bits per heavy atom. The second-order valence-electron chi connectivity index (χ2n) is 7.76. The molecule has 2 N–H and O–H groups in total. The van der Waals surface area contributed by atoms with E-state index in [0.29, 0.717) is 6.07 Å². The quantitative estimate of drug-likeness (QED) is 0.594. The van der Waals surface area contributed by atoms with Gasteiger partial charge in [0, 0.05) is 11.1 Å². The third kappa shape index (κ3) is 6.01. The van der Waals surface area contributed by atoms with Gasteiger partial charge in [-0.2, -0.15) is 26.3 Å². The molecule has 3 rings (SSSR count). The molecule has 2 aromatic rings. The van der Waals surface area contributed by atoms with Crippen LogP contribution in [0.15, 0.2) is 48.5 Å². The van der Waals surface area contributed by atoms with Gasteiger partial charge in [-0.15, -0.1) is 0 Å². The SMILES string of the molecule is O=C(Nc1cc(COCC2(c3ccccc3)CCNCC2)cc(C(F)(F)F)c1)C(F)(F)F. The molecule has 0 aromatic heterocycles. The van der Waals surface area contributed by atoms with Gasteiger partial charge in [0.2, 0.25) is 0 Å². The van der Waals surface area contributed by atoms with Gasteiger partial charge in [-0.25, -0.2) is 0 Å². The summed E-state index contributed by atoms with van der Waals surface area (Å²) in [5, 5.41) is 4.75. The molecule has 1 saturated heterocycles. The summed E-state index contributed by atoms with van der Waals surface area (Å²) in [7, 11) is 0. The second-order valence-corrected chi connectivity index (χ2v) is 7.76. The second kappa shape index (κ2) is 9.50. The maximum Gasteiger partial charge on any atom is 0.471 e. The van der Waals surface area contributed by atoms with Gasteiger partial charge in [-0.1, -0.05) is 30.3 Å². The molecule has 0 radical (unpaired) electrons. The Bertz CT molecular complexity index is 922. The molecule has 1 amide bonds. The minimum atomic E-state index is -5.22. The maximum absolute atomic E-state index is 13.2. The van der Waals surface area contributed by atoms with Crippen LogP contribution in [0.5, 0.6) is 0 Å². The number of anilines is 1. The third-order valence-corrected chi connectivity index (χ3v) is 5.43. The molecule has 0 saturated carbocycles. The predicted molar refractivity (Wildman–Crippen MR) is 106 cm³/mol. The average molecular weight is 460 g/mol. The first kappa shape index (κ1) is 24.1. The van der Waals surface area contributed by atoms with Gasteiger partial charge < -0.3 is 15.4 Å². The van der Waals surface area contributed by atoms with Crippen LogP contribution in [-0.2, 0) is 27.7 Å². The van der Waals surface area contributed by atoms with E-state index in [-0.39, 0.29) is 24.2 Å². The van der Waals surface area contributed by atoms with Crippen LogP contribution < -0.4 is 10.6 Å². The lowest BCUT2D eigenvalue weighted by Crippen LogP contribution is -2.43. The average Bonchev–Trinajstić information content (AvgIpc) is 2.73. The van der Waals surface area contributed by atoms with Crippen LogP contribution in [0.4, 0.5) is 32.0 Å². The lowest BCUT2D eigenvalue weighted by molar-refractivity contribution is -0.167. The Morgan fingerprint density at radius 3 is 2.25 bits per heavy atom. The van der Waals surface area contributed by atoms with Crippen molar-refractivity contribution in [3.63, 3.8) is 0 Å². The van der Waals surface area contributed by atoms with E-state index in [0.717, 1.165) is 43.6 Å². The van der Waals surface area contributed by atoms with E-state index in [1.54, 1.807) is 0 Å². The highest BCUT2D eigenvalue weighted by atomic mass is 19.4. The van der Waals surface area contributed by atoms with Gasteiger partial charge in [-0.3, -0.25) is 4.79 Å². The van der Waals surface area contributed by atoms with E-state index in [2.05, 4.69) is 5.32 Å². The lowest BCUT2D eigenvalue weighted by atomic mass is 9.74. The molecule has 10 heteroatoms. The summed E-state index contributed by atoms with van der Waals surface area (Å²) in [6.07, 6.45) is -8.48. The first-order chi connectivity index (χ1) is 15.0. The van der Waals surface area contributed by atoms with E-state index in [1.165, 1.54) is 5.32 Å². The zero-order valence-corrected chi connectivity index (χ0v) is 16.9. The van der Waals surface area contributed by atoms with Crippen molar-refractivity contribution in [2.45, 2.75) is 37.2 Å². The molecule has 1 heterocycles. The molecule has 0 spiro atoms. The van der Waals surface area contributed by atoms with Crippen molar-refractivity contribution in [2.75, 3.05) is 25.0 Å². The number of hydrogen-bond acceptors (Lipinski definition) is 3. The first-order valence-electron chi connectivity index (χ1n) is 9.93. The number of piperidine rings is 1. The van der Waals surface area contributed by atoms with Crippen LogP contribution >= 0.6 is 0 Å². The fourth-order valence-corrected chi connectivity index (χ4v) is 3.79. The van der Waals surface area contributed by atoms with Gasteiger partial charge in [-0.05, 0) is 55.3 Å². The molecule has 4 nitrogen and oxygen atoms in total. The lowest BCUT2D eigenvalue weighted by Gasteiger charge is -2.38. The fraction of sp³-hybridized carbons (Fsp3) is 0.409. The number of hydrogen-bond donors (Lipinski definition) is 2. The Hall–Kier alpha value is -2.59. The molecule has 1 aliphatic rings. The van der Waals surface area contributed by atoms with Gasteiger partial charge in [0.05, 0.1) is 18.8 Å². The van der Waals surface area contributed by atoms with Crippen LogP contribution in [0.25, 0.3) is 0 Å². The van der Waals surface area contributed by atoms with Gasteiger partial charge in [0.25, 0.3) is 0 Å². The predicted octanol–water partition coefficient (Wildman–Crippen LogP) is 5.04. The van der Waals surface area contributed by atoms with E-state index in [1.807, 2.05) is 30.3 Å². The molecule has 1 aliphatic heterocycles. The molecule has 2 aromatic carbocycles. The van der Waals surface area contributed by atoms with E-state index < -0.39 is 29.5 Å². The minimum absolute atomic E-state index is 0.00875. The molecule has 32 heavy (non-hydrogen) atoms. The highest BCUT2D eigenvalue weighted by molar-refractivity contribution is 5.95. The molecule has 174 valence electrons. The third-order valence-electron chi connectivity index (χ3n) is 5.43. The largest absolute Gasteiger partial charge is 0.471 e. The zero-order chi connectivity index (χ0) is 23.4. The van der Waals surface area contributed by atoms with Crippen molar-refractivity contribution >= 4 is 11.6 Å². The van der Waals surface area contributed by atoms with Gasteiger partial charge in [0.15, 0.2) is 0 Å². The number of benzene rings is 2. The summed E-state index contributed by atoms with van der Waals surface area (Å²) in [6.45, 7) is 1.50. The Morgan fingerprint density at radius 1 is 1.00 bits per heavy atom. The number of carbonyl (C=O) groups is 1. The van der Waals surface area contributed by atoms with Crippen molar-refractivity contribution in [1.82, 2.24) is 5.32 Å². The Labute approximate surface area is 181 Å². The topological polar surface area (TPSA) is 50.4 Å². The van der Waals surface area contributed by atoms with Crippen molar-refractivity contribution in [3.05, 3.63) is 65.2 Å². The molecule has 0 bridgehead atoms. The van der Waals surface area contributed by atoms with E-state index in [9.17, 15) is 31.1 Å². The van der Waals surface area contributed by atoms with Gasteiger partial charge >= 0.3 is 18.3 Å². The van der Waals surface area contributed by atoms with E-state index in [4.69, 9.17) is 4.74 Å². The summed E-state index contributed by atoms with van der Waals surface area (Å²) in [5.74, 6) is -2.35.